The number of likely N-dealkylation sites (N-methyl/N-ethyl adjacent to an activating group) is 1. The van der Waals surface area contributed by atoms with Gasteiger partial charge in [-0.1, -0.05) is 43.3 Å². The number of carbonyl (C=O) groups is 2. The van der Waals surface area contributed by atoms with Gasteiger partial charge in [-0.05, 0) is 31.6 Å². The van der Waals surface area contributed by atoms with Crippen LogP contribution < -0.4 is 14.8 Å². The smallest absolute Gasteiger partial charge is 0.259 e. The highest BCUT2D eigenvalue weighted by Crippen LogP contribution is 2.27. The Morgan fingerprint density at radius 2 is 1.67 bits per heavy atom. The largest absolute Gasteiger partial charge is 0.493 e. The summed E-state index contributed by atoms with van der Waals surface area (Å²) in [5.74, 6) is 0.982. The van der Waals surface area contributed by atoms with Crippen LogP contribution in [0.25, 0.3) is 6.08 Å². The second-order valence-electron chi connectivity index (χ2n) is 6.89. The first-order chi connectivity index (χ1) is 14.5. The van der Waals surface area contributed by atoms with Crippen molar-refractivity contribution in [2.75, 3.05) is 27.3 Å². The molecule has 1 unspecified atom stereocenters. The zero-order valence-corrected chi connectivity index (χ0v) is 18.1. The second kappa shape index (κ2) is 11.7. The molecular weight excluding hydrogens is 380 g/mol. The van der Waals surface area contributed by atoms with Gasteiger partial charge in [-0.2, -0.15) is 0 Å². The summed E-state index contributed by atoms with van der Waals surface area (Å²) in [7, 11) is 3.37. The predicted molar refractivity (Wildman–Crippen MR) is 118 cm³/mol. The Balaban J connectivity index is 2.10. The number of nitrogens with zero attached hydrogens (tertiary/aromatic N) is 1. The lowest BCUT2D eigenvalue weighted by Gasteiger charge is -2.20. The van der Waals surface area contributed by atoms with Crippen LogP contribution in [-0.2, 0) is 9.59 Å². The van der Waals surface area contributed by atoms with E-state index in [0.29, 0.717) is 18.8 Å². The zero-order valence-electron chi connectivity index (χ0n) is 18.1. The van der Waals surface area contributed by atoms with Gasteiger partial charge >= 0.3 is 0 Å². The first-order valence-electron chi connectivity index (χ1n) is 10.1. The van der Waals surface area contributed by atoms with Crippen LogP contribution in [0, 0.1) is 0 Å². The van der Waals surface area contributed by atoms with Gasteiger partial charge in [0, 0.05) is 31.3 Å². The third kappa shape index (κ3) is 6.65. The first kappa shape index (κ1) is 23.0. The third-order valence-corrected chi connectivity index (χ3v) is 4.50. The fraction of sp³-hybridized carbons (Fsp3) is 0.333. The van der Waals surface area contributed by atoms with Crippen molar-refractivity contribution in [1.82, 2.24) is 10.2 Å². The number of rotatable bonds is 10. The summed E-state index contributed by atoms with van der Waals surface area (Å²) in [5, 5.41) is 3.01. The van der Waals surface area contributed by atoms with E-state index >= 15 is 0 Å². The Morgan fingerprint density at radius 3 is 2.33 bits per heavy atom. The van der Waals surface area contributed by atoms with Gasteiger partial charge in [-0.3, -0.25) is 9.59 Å². The molecule has 0 radical (unpaired) electrons. The van der Waals surface area contributed by atoms with Crippen molar-refractivity contribution < 1.29 is 19.1 Å². The summed E-state index contributed by atoms with van der Waals surface area (Å²) >= 11 is 0. The van der Waals surface area contributed by atoms with Crippen LogP contribution >= 0.6 is 0 Å². The quantitative estimate of drug-likeness (QED) is 0.605. The van der Waals surface area contributed by atoms with E-state index in [-0.39, 0.29) is 24.5 Å². The third-order valence-electron chi connectivity index (χ3n) is 4.50. The van der Waals surface area contributed by atoms with Crippen molar-refractivity contribution in [2.45, 2.75) is 26.3 Å². The fourth-order valence-corrected chi connectivity index (χ4v) is 2.86. The molecule has 0 saturated carbocycles. The Hall–Kier alpha value is -3.28. The molecule has 1 N–H and O–H groups in total. The van der Waals surface area contributed by atoms with Crippen LogP contribution in [0.2, 0.25) is 0 Å². The van der Waals surface area contributed by atoms with Crippen LogP contribution in [0.3, 0.4) is 0 Å². The Labute approximate surface area is 178 Å². The molecule has 6 heteroatoms. The van der Waals surface area contributed by atoms with Gasteiger partial charge in [0.2, 0.25) is 5.91 Å². The Kier molecular flexibility index (Phi) is 8.94. The summed E-state index contributed by atoms with van der Waals surface area (Å²) in [4.78, 5) is 25.9. The van der Waals surface area contributed by atoms with Crippen LogP contribution in [0.15, 0.2) is 54.6 Å². The second-order valence-corrected chi connectivity index (χ2v) is 6.89. The highest BCUT2D eigenvalue weighted by Gasteiger charge is 2.17. The topological polar surface area (TPSA) is 67.9 Å². The molecule has 0 heterocycles. The first-order valence-corrected chi connectivity index (χ1v) is 10.1. The molecule has 2 aromatic rings. The molecule has 0 bridgehead atoms. The molecule has 2 rings (SSSR count). The van der Waals surface area contributed by atoms with Crippen molar-refractivity contribution in [3.63, 3.8) is 0 Å². The van der Waals surface area contributed by atoms with E-state index in [9.17, 15) is 9.59 Å². The number of hydrogen-bond acceptors (Lipinski definition) is 4. The van der Waals surface area contributed by atoms with Crippen LogP contribution in [-0.4, -0.2) is 44.0 Å². The lowest BCUT2D eigenvalue weighted by Crippen LogP contribution is -2.29. The normalized spacial score (nSPS) is 11.7. The SMILES string of the molecule is CCOc1ccccc1/C=C\C(=O)NC(CC)c1ccccc1OCC(=O)N(C)C. The van der Waals surface area contributed by atoms with Gasteiger partial charge in [-0.15, -0.1) is 0 Å². The maximum Gasteiger partial charge on any atom is 0.259 e. The minimum atomic E-state index is -0.241. The lowest BCUT2D eigenvalue weighted by molar-refractivity contribution is -0.130. The predicted octanol–water partition coefficient (Wildman–Crippen LogP) is 3.83. The zero-order chi connectivity index (χ0) is 21.9. The molecule has 1 atom stereocenters. The monoisotopic (exact) mass is 410 g/mol. The minimum Gasteiger partial charge on any atom is -0.493 e. The number of hydrogen-bond donors (Lipinski definition) is 1. The summed E-state index contributed by atoms with van der Waals surface area (Å²) in [6.07, 6.45) is 3.92. The van der Waals surface area contributed by atoms with Crippen molar-refractivity contribution in [2.24, 2.45) is 0 Å². The van der Waals surface area contributed by atoms with Gasteiger partial charge in [0.25, 0.3) is 5.91 Å². The lowest BCUT2D eigenvalue weighted by atomic mass is 10.0. The van der Waals surface area contributed by atoms with Gasteiger partial charge in [0.05, 0.1) is 12.6 Å². The molecule has 2 amide bonds. The number of amides is 2. The van der Waals surface area contributed by atoms with Crippen LogP contribution in [0.5, 0.6) is 11.5 Å². The highest BCUT2D eigenvalue weighted by molar-refractivity contribution is 5.92. The summed E-state index contributed by atoms with van der Waals surface area (Å²) in [5.41, 5.74) is 1.68. The maximum atomic E-state index is 12.6. The van der Waals surface area contributed by atoms with Gasteiger partial charge < -0.3 is 19.7 Å². The van der Waals surface area contributed by atoms with E-state index in [2.05, 4.69) is 5.32 Å². The van der Waals surface area contributed by atoms with E-state index in [0.717, 1.165) is 16.9 Å². The molecule has 0 saturated heterocycles. The highest BCUT2D eigenvalue weighted by atomic mass is 16.5. The van der Waals surface area contributed by atoms with Gasteiger partial charge in [-0.25, -0.2) is 0 Å². The standard InChI is InChI=1S/C24H30N2O4/c1-5-20(19-12-8-10-14-22(19)30-17-24(28)26(3)4)25-23(27)16-15-18-11-7-9-13-21(18)29-6-2/h7-16,20H,5-6,17H2,1-4H3,(H,25,27)/b16-15-. The summed E-state index contributed by atoms with van der Waals surface area (Å²) < 4.78 is 11.3. The molecule has 0 aromatic heterocycles. The van der Waals surface area contributed by atoms with E-state index in [1.165, 1.54) is 11.0 Å². The molecular formula is C24H30N2O4. The average Bonchev–Trinajstić information content (AvgIpc) is 2.75. The average molecular weight is 411 g/mol. The molecule has 0 fully saturated rings. The van der Waals surface area contributed by atoms with E-state index in [1.54, 1.807) is 26.2 Å². The van der Waals surface area contributed by atoms with Crippen molar-refractivity contribution in [1.29, 1.82) is 0 Å². The van der Waals surface area contributed by atoms with Crippen molar-refractivity contribution in [3.8, 4) is 11.5 Å². The molecule has 2 aromatic carbocycles. The fourth-order valence-electron chi connectivity index (χ4n) is 2.86. The van der Waals surface area contributed by atoms with E-state index in [1.807, 2.05) is 56.3 Å². The van der Waals surface area contributed by atoms with Gasteiger partial charge in [0.1, 0.15) is 11.5 Å². The summed E-state index contributed by atoms with van der Waals surface area (Å²) in [6.45, 7) is 4.41. The van der Waals surface area contributed by atoms with E-state index < -0.39 is 0 Å². The molecule has 6 nitrogen and oxygen atoms in total. The molecule has 0 aliphatic rings. The molecule has 0 spiro atoms. The molecule has 0 aliphatic heterocycles. The van der Waals surface area contributed by atoms with Crippen molar-refractivity contribution >= 4 is 17.9 Å². The van der Waals surface area contributed by atoms with E-state index in [4.69, 9.17) is 9.47 Å². The van der Waals surface area contributed by atoms with Crippen LogP contribution in [0.4, 0.5) is 0 Å². The Bertz CT molecular complexity index is 877. The number of benzene rings is 2. The number of ether oxygens (including phenoxy) is 2. The molecule has 0 aliphatic carbocycles. The Morgan fingerprint density at radius 1 is 1.00 bits per heavy atom. The molecule has 30 heavy (non-hydrogen) atoms. The van der Waals surface area contributed by atoms with Gasteiger partial charge in [0.15, 0.2) is 6.61 Å². The number of carbonyl (C=O) groups excluding carboxylic acids is 2. The van der Waals surface area contributed by atoms with Crippen molar-refractivity contribution in [3.05, 3.63) is 65.7 Å². The summed E-state index contributed by atoms with van der Waals surface area (Å²) in [6, 6.07) is 14.8. The molecule has 160 valence electrons. The number of para-hydroxylation sites is 2. The number of nitrogens with one attached hydrogen (secondary N) is 1. The minimum absolute atomic E-state index is 0.0531. The maximum absolute atomic E-state index is 12.6. The van der Waals surface area contributed by atoms with Crippen LogP contribution in [0.1, 0.15) is 37.4 Å².